The largest absolute Gasteiger partial charge is 0.393 e. The predicted molar refractivity (Wildman–Crippen MR) is 68.3 cm³/mol. The van der Waals surface area contributed by atoms with Crippen LogP contribution in [0, 0.1) is 0 Å². The van der Waals surface area contributed by atoms with Gasteiger partial charge in [0.25, 0.3) is 0 Å². The number of rotatable bonds is 7. The van der Waals surface area contributed by atoms with Crippen LogP contribution < -0.4 is 5.32 Å². The van der Waals surface area contributed by atoms with Gasteiger partial charge in [-0.3, -0.25) is 4.68 Å². The Bertz CT molecular complexity index is 303. The van der Waals surface area contributed by atoms with Crippen molar-refractivity contribution in [2.24, 2.45) is 0 Å². The van der Waals surface area contributed by atoms with Crippen LogP contribution in [0.5, 0.6) is 0 Å². The average molecular weight is 290 g/mol. The summed E-state index contributed by atoms with van der Waals surface area (Å²) < 4.78 is 2.90. The van der Waals surface area contributed by atoms with Gasteiger partial charge in [-0.05, 0) is 42.2 Å². The fourth-order valence-electron chi connectivity index (χ4n) is 1.48. The Morgan fingerprint density at radius 2 is 2.38 bits per heavy atom. The molecule has 2 N–H and O–H groups in total. The molecule has 1 rings (SSSR count). The molecule has 92 valence electrons. The zero-order chi connectivity index (χ0) is 12.0. The molecule has 0 radical (unpaired) electrons. The summed E-state index contributed by atoms with van der Waals surface area (Å²) in [5, 5.41) is 17.0. The van der Waals surface area contributed by atoms with E-state index in [1.54, 1.807) is 6.20 Å². The fraction of sp³-hybridized carbons (Fsp3) is 0.727. The second-order valence-electron chi connectivity index (χ2n) is 4.09. The summed E-state index contributed by atoms with van der Waals surface area (Å²) in [6.45, 7) is 5.80. The van der Waals surface area contributed by atoms with Crippen molar-refractivity contribution in [3.05, 3.63) is 16.9 Å². The van der Waals surface area contributed by atoms with Crippen molar-refractivity contribution < 1.29 is 5.11 Å². The smallest absolute Gasteiger partial charge is 0.0632 e. The van der Waals surface area contributed by atoms with Gasteiger partial charge in [0.2, 0.25) is 0 Å². The molecule has 0 saturated heterocycles. The molecule has 1 aromatic heterocycles. The zero-order valence-corrected chi connectivity index (χ0v) is 11.4. The second-order valence-corrected chi connectivity index (χ2v) is 5.00. The van der Waals surface area contributed by atoms with Crippen LogP contribution in [0.15, 0.2) is 16.9 Å². The molecular weight excluding hydrogens is 270 g/mol. The number of hydrogen-bond acceptors (Lipinski definition) is 3. The monoisotopic (exact) mass is 289 g/mol. The van der Waals surface area contributed by atoms with Crippen LogP contribution in [-0.4, -0.2) is 33.6 Å². The Kier molecular flexibility index (Phi) is 6.01. The number of nitrogens with one attached hydrogen (secondary N) is 1. The molecule has 0 aliphatic carbocycles. The maximum absolute atomic E-state index is 9.40. The molecule has 2 unspecified atom stereocenters. The lowest BCUT2D eigenvalue weighted by Gasteiger charge is -2.15. The number of hydrogen-bond donors (Lipinski definition) is 2. The van der Waals surface area contributed by atoms with Gasteiger partial charge in [-0.25, -0.2) is 0 Å². The lowest BCUT2D eigenvalue weighted by molar-refractivity contribution is 0.158. The number of aromatic nitrogens is 2. The van der Waals surface area contributed by atoms with Gasteiger partial charge >= 0.3 is 0 Å². The first kappa shape index (κ1) is 13.7. The Morgan fingerprint density at radius 1 is 1.62 bits per heavy atom. The molecule has 0 bridgehead atoms. The van der Waals surface area contributed by atoms with Gasteiger partial charge in [-0.1, -0.05) is 6.92 Å². The van der Waals surface area contributed by atoms with Gasteiger partial charge in [0.1, 0.15) is 0 Å². The summed E-state index contributed by atoms with van der Waals surface area (Å²) in [5.41, 5.74) is 0. The summed E-state index contributed by atoms with van der Waals surface area (Å²) in [4.78, 5) is 0. The van der Waals surface area contributed by atoms with Crippen LogP contribution in [0.4, 0.5) is 0 Å². The highest BCUT2D eigenvalue weighted by molar-refractivity contribution is 9.10. The highest BCUT2D eigenvalue weighted by Crippen LogP contribution is 2.06. The molecule has 0 aromatic carbocycles. The molecule has 0 spiro atoms. The summed E-state index contributed by atoms with van der Waals surface area (Å²) >= 11 is 3.37. The van der Waals surface area contributed by atoms with Crippen LogP contribution in [-0.2, 0) is 6.54 Å². The van der Waals surface area contributed by atoms with Crippen LogP contribution in [0.2, 0.25) is 0 Å². The third-order valence-electron chi connectivity index (χ3n) is 2.50. The van der Waals surface area contributed by atoms with Crippen LogP contribution in [0.3, 0.4) is 0 Å². The summed E-state index contributed by atoms with van der Waals surface area (Å²) in [6, 6.07) is 0.357. The van der Waals surface area contributed by atoms with E-state index < -0.39 is 0 Å². The maximum atomic E-state index is 9.40. The number of aliphatic hydroxyl groups excluding tert-OH is 1. The Balaban J connectivity index is 2.18. The first-order valence-electron chi connectivity index (χ1n) is 5.71. The van der Waals surface area contributed by atoms with Gasteiger partial charge < -0.3 is 10.4 Å². The van der Waals surface area contributed by atoms with Crippen molar-refractivity contribution in [2.75, 3.05) is 6.54 Å². The fourth-order valence-corrected chi connectivity index (χ4v) is 1.81. The standard InChI is InChI=1S/C11H20BrN3O/c1-3-11(16)4-5-13-9(2)7-15-8-10(12)6-14-15/h6,8-9,11,13,16H,3-5,7H2,1-2H3. The molecular formula is C11H20BrN3O. The van der Waals surface area contributed by atoms with Crippen molar-refractivity contribution in [2.45, 2.75) is 45.4 Å². The van der Waals surface area contributed by atoms with E-state index in [0.717, 1.165) is 30.4 Å². The second kappa shape index (κ2) is 7.04. The third kappa shape index (κ3) is 5.09. The molecule has 5 heteroatoms. The van der Waals surface area contributed by atoms with Crippen molar-refractivity contribution in [1.82, 2.24) is 15.1 Å². The Morgan fingerprint density at radius 3 is 2.94 bits per heavy atom. The normalized spacial score (nSPS) is 15.0. The molecule has 0 saturated carbocycles. The number of aliphatic hydroxyl groups is 1. The summed E-state index contributed by atoms with van der Waals surface area (Å²) in [6.07, 6.45) is 5.19. The van der Waals surface area contributed by atoms with Gasteiger partial charge in [0.05, 0.1) is 23.3 Å². The van der Waals surface area contributed by atoms with E-state index in [4.69, 9.17) is 0 Å². The van der Waals surface area contributed by atoms with Gasteiger partial charge in [0, 0.05) is 12.2 Å². The van der Waals surface area contributed by atoms with E-state index in [0.29, 0.717) is 6.04 Å². The molecule has 4 nitrogen and oxygen atoms in total. The summed E-state index contributed by atoms with van der Waals surface area (Å²) in [5.74, 6) is 0. The van der Waals surface area contributed by atoms with E-state index in [2.05, 4.69) is 33.3 Å². The first-order valence-corrected chi connectivity index (χ1v) is 6.50. The topological polar surface area (TPSA) is 50.1 Å². The van der Waals surface area contributed by atoms with Gasteiger partial charge in [0.15, 0.2) is 0 Å². The molecule has 0 amide bonds. The number of halogens is 1. The molecule has 0 aliphatic heterocycles. The minimum absolute atomic E-state index is 0.182. The summed E-state index contributed by atoms with van der Waals surface area (Å²) in [7, 11) is 0. The van der Waals surface area contributed by atoms with Crippen molar-refractivity contribution in [3.63, 3.8) is 0 Å². The zero-order valence-electron chi connectivity index (χ0n) is 9.86. The Hall–Kier alpha value is -0.390. The van der Waals surface area contributed by atoms with Crippen LogP contribution >= 0.6 is 15.9 Å². The van der Waals surface area contributed by atoms with E-state index in [9.17, 15) is 5.11 Å². The van der Waals surface area contributed by atoms with Crippen molar-refractivity contribution >= 4 is 15.9 Å². The molecule has 1 heterocycles. The first-order chi connectivity index (χ1) is 7.61. The third-order valence-corrected chi connectivity index (χ3v) is 2.91. The Labute approximate surface area is 105 Å². The van der Waals surface area contributed by atoms with E-state index >= 15 is 0 Å². The van der Waals surface area contributed by atoms with Gasteiger partial charge in [-0.2, -0.15) is 5.10 Å². The van der Waals surface area contributed by atoms with Crippen LogP contribution in [0.25, 0.3) is 0 Å². The lowest BCUT2D eigenvalue weighted by atomic mass is 10.2. The SMILES string of the molecule is CCC(O)CCNC(C)Cn1cc(Br)cn1. The minimum Gasteiger partial charge on any atom is -0.393 e. The quantitative estimate of drug-likeness (QED) is 0.805. The molecule has 2 atom stereocenters. The molecule has 1 aromatic rings. The van der Waals surface area contributed by atoms with E-state index in [1.165, 1.54) is 0 Å². The molecule has 0 aliphatic rings. The van der Waals surface area contributed by atoms with Gasteiger partial charge in [-0.15, -0.1) is 0 Å². The predicted octanol–water partition coefficient (Wildman–Crippen LogP) is 1.78. The highest BCUT2D eigenvalue weighted by atomic mass is 79.9. The van der Waals surface area contributed by atoms with E-state index in [1.807, 2.05) is 17.8 Å². The van der Waals surface area contributed by atoms with Crippen LogP contribution in [0.1, 0.15) is 26.7 Å². The van der Waals surface area contributed by atoms with Crippen molar-refractivity contribution in [3.8, 4) is 0 Å². The lowest BCUT2D eigenvalue weighted by Crippen LogP contribution is -2.32. The molecule has 16 heavy (non-hydrogen) atoms. The minimum atomic E-state index is -0.182. The number of nitrogens with zero attached hydrogens (tertiary/aromatic N) is 2. The highest BCUT2D eigenvalue weighted by Gasteiger charge is 2.05. The molecule has 0 fully saturated rings. The maximum Gasteiger partial charge on any atom is 0.0632 e. The van der Waals surface area contributed by atoms with Crippen molar-refractivity contribution in [1.29, 1.82) is 0 Å². The van der Waals surface area contributed by atoms with E-state index in [-0.39, 0.29) is 6.10 Å². The average Bonchev–Trinajstić information content (AvgIpc) is 2.63.